The van der Waals surface area contributed by atoms with Gasteiger partial charge in [-0.15, -0.1) is 0 Å². The summed E-state index contributed by atoms with van der Waals surface area (Å²) >= 11 is 0. The van der Waals surface area contributed by atoms with E-state index in [0.29, 0.717) is 18.4 Å². The van der Waals surface area contributed by atoms with Crippen molar-refractivity contribution in [1.82, 2.24) is 19.9 Å². The smallest absolute Gasteiger partial charge is 0.143 e. The first-order chi connectivity index (χ1) is 15.3. The van der Waals surface area contributed by atoms with E-state index in [1.807, 2.05) is 6.07 Å². The first kappa shape index (κ1) is 19.1. The molecule has 31 heavy (non-hydrogen) atoms. The lowest BCUT2D eigenvalue weighted by molar-refractivity contribution is 0.109. The molecule has 7 heteroatoms. The standard InChI is InChI=1S/C24H29N5O2/c1-30-12-15-8-9-29(11-15)20-13-31-21-5-3-2-4-17(21)22(20)28-24-18-10-19(16-6-7-16)27-23(18)25-14-26-24/h2-5,10,14-16,20,22H,6-9,11-13H2,1H3,(H2,25,26,27,28). The zero-order valence-electron chi connectivity index (χ0n) is 17.9. The molecule has 1 aliphatic carbocycles. The van der Waals surface area contributed by atoms with E-state index in [-0.39, 0.29) is 12.1 Å². The fourth-order valence-electron chi connectivity index (χ4n) is 5.21. The highest BCUT2D eigenvalue weighted by Crippen LogP contribution is 2.42. The van der Waals surface area contributed by atoms with Gasteiger partial charge in [-0.25, -0.2) is 9.97 Å². The number of anilines is 1. The molecular formula is C24H29N5O2. The Hall–Kier alpha value is -2.64. The monoisotopic (exact) mass is 419 g/mol. The van der Waals surface area contributed by atoms with Crippen LogP contribution in [0.25, 0.3) is 11.0 Å². The number of benzene rings is 1. The van der Waals surface area contributed by atoms with Gasteiger partial charge in [0.2, 0.25) is 0 Å². The molecular weight excluding hydrogens is 390 g/mol. The number of aromatic nitrogens is 3. The summed E-state index contributed by atoms with van der Waals surface area (Å²) in [6.45, 7) is 3.59. The van der Waals surface area contributed by atoms with Gasteiger partial charge in [0.05, 0.1) is 24.1 Å². The summed E-state index contributed by atoms with van der Waals surface area (Å²) in [5.41, 5.74) is 3.39. The Morgan fingerprint density at radius 1 is 1.23 bits per heavy atom. The van der Waals surface area contributed by atoms with Crippen LogP contribution in [0.1, 0.15) is 42.5 Å². The van der Waals surface area contributed by atoms with Gasteiger partial charge >= 0.3 is 0 Å². The molecule has 2 aromatic heterocycles. The van der Waals surface area contributed by atoms with Crippen LogP contribution in [-0.2, 0) is 4.74 Å². The van der Waals surface area contributed by atoms with Crippen LogP contribution in [0.5, 0.6) is 5.75 Å². The van der Waals surface area contributed by atoms with Crippen molar-refractivity contribution in [2.24, 2.45) is 5.92 Å². The number of hydrogen-bond donors (Lipinski definition) is 2. The van der Waals surface area contributed by atoms with Gasteiger partial charge in [0.25, 0.3) is 0 Å². The van der Waals surface area contributed by atoms with Crippen LogP contribution in [0.2, 0.25) is 0 Å². The van der Waals surface area contributed by atoms with Crippen molar-refractivity contribution >= 4 is 16.9 Å². The minimum atomic E-state index is 0.101. The molecule has 0 amide bonds. The topological polar surface area (TPSA) is 75.3 Å². The predicted octanol–water partition coefficient (Wildman–Crippen LogP) is 3.72. The van der Waals surface area contributed by atoms with Crippen molar-refractivity contribution in [2.75, 3.05) is 38.7 Å². The second-order valence-corrected chi connectivity index (χ2v) is 9.13. The van der Waals surface area contributed by atoms with Crippen LogP contribution < -0.4 is 10.1 Å². The molecule has 1 saturated heterocycles. The number of hydrogen-bond acceptors (Lipinski definition) is 6. The number of nitrogens with one attached hydrogen (secondary N) is 2. The molecule has 2 N–H and O–H groups in total. The number of nitrogens with zero attached hydrogens (tertiary/aromatic N) is 3. The number of ether oxygens (including phenoxy) is 2. The van der Waals surface area contributed by atoms with E-state index in [4.69, 9.17) is 9.47 Å². The molecule has 3 aromatic rings. The molecule has 1 aromatic carbocycles. The highest BCUT2D eigenvalue weighted by molar-refractivity contribution is 5.88. The SMILES string of the molecule is COCC1CCN(C2COc3ccccc3C2Nc2ncnc3[nH]c(C4CC4)cc23)C1. The van der Waals surface area contributed by atoms with Crippen LogP contribution in [0.3, 0.4) is 0 Å². The third-order valence-corrected chi connectivity index (χ3v) is 6.99. The van der Waals surface area contributed by atoms with Crippen LogP contribution in [-0.4, -0.2) is 59.3 Å². The number of rotatable bonds is 6. The molecule has 7 nitrogen and oxygen atoms in total. The molecule has 0 spiro atoms. The van der Waals surface area contributed by atoms with E-state index in [1.54, 1.807) is 13.4 Å². The largest absolute Gasteiger partial charge is 0.491 e. The van der Waals surface area contributed by atoms with Crippen LogP contribution >= 0.6 is 0 Å². The van der Waals surface area contributed by atoms with Gasteiger partial charge in [-0.1, -0.05) is 18.2 Å². The van der Waals surface area contributed by atoms with Gasteiger partial charge < -0.3 is 19.8 Å². The van der Waals surface area contributed by atoms with Crippen molar-refractivity contribution in [3.05, 3.63) is 47.9 Å². The van der Waals surface area contributed by atoms with Crippen LogP contribution in [0.15, 0.2) is 36.7 Å². The molecule has 3 atom stereocenters. The fraction of sp³-hybridized carbons (Fsp3) is 0.500. The first-order valence-corrected chi connectivity index (χ1v) is 11.3. The normalized spacial score (nSPS) is 26.0. The Balaban J connectivity index is 1.34. The van der Waals surface area contributed by atoms with Crippen molar-refractivity contribution < 1.29 is 9.47 Å². The Labute approximate surface area is 182 Å². The van der Waals surface area contributed by atoms with Gasteiger partial charge in [0.15, 0.2) is 0 Å². The lowest BCUT2D eigenvalue weighted by Crippen LogP contribution is -2.47. The minimum absolute atomic E-state index is 0.101. The highest BCUT2D eigenvalue weighted by atomic mass is 16.5. The van der Waals surface area contributed by atoms with Gasteiger partial charge in [0.1, 0.15) is 30.1 Å². The number of H-pyrrole nitrogens is 1. The number of aromatic amines is 1. The second-order valence-electron chi connectivity index (χ2n) is 9.13. The number of likely N-dealkylation sites (tertiary alicyclic amines) is 1. The van der Waals surface area contributed by atoms with E-state index < -0.39 is 0 Å². The summed E-state index contributed by atoms with van der Waals surface area (Å²) in [7, 11) is 1.79. The fourth-order valence-corrected chi connectivity index (χ4v) is 5.21. The average molecular weight is 420 g/mol. The predicted molar refractivity (Wildman–Crippen MR) is 120 cm³/mol. The zero-order chi connectivity index (χ0) is 20.8. The van der Waals surface area contributed by atoms with Crippen molar-refractivity contribution in [2.45, 2.75) is 37.3 Å². The summed E-state index contributed by atoms with van der Waals surface area (Å²) < 4.78 is 11.6. The van der Waals surface area contributed by atoms with E-state index >= 15 is 0 Å². The summed E-state index contributed by atoms with van der Waals surface area (Å²) in [5, 5.41) is 4.88. The molecule has 1 saturated carbocycles. The van der Waals surface area contributed by atoms with E-state index in [0.717, 1.165) is 42.3 Å². The van der Waals surface area contributed by atoms with Crippen LogP contribution in [0.4, 0.5) is 5.82 Å². The van der Waals surface area contributed by atoms with Crippen LogP contribution in [0, 0.1) is 5.92 Å². The van der Waals surface area contributed by atoms with Crippen molar-refractivity contribution in [3.63, 3.8) is 0 Å². The molecule has 4 heterocycles. The third kappa shape index (κ3) is 3.55. The average Bonchev–Trinajstić information content (AvgIpc) is 3.38. The maximum Gasteiger partial charge on any atom is 0.143 e. The summed E-state index contributed by atoms with van der Waals surface area (Å²) in [5.74, 6) is 3.09. The maximum absolute atomic E-state index is 6.19. The molecule has 3 aliphatic rings. The summed E-state index contributed by atoms with van der Waals surface area (Å²) in [6, 6.07) is 10.9. The minimum Gasteiger partial charge on any atom is -0.491 e. The van der Waals surface area contributed by atoms with Crippen molar-refractivity contribution in [3.8, 4) is 5.75 Å². The highest BCUT2D eigenvalue weighted by Gasteiger charge is 2.38. The van der Waals surface area contributed by atoms with E-state index in [1.165, 1.54) is 30.5 Å². The Bertz CT molecular complexity index is 1080. The van der Waals surface area contributed by atoms with E-state index in [2.05, 4.69) is 49.4 Å². The van der Waals surface area contributed by atoms with Gasteiger partial charge in [0, 0.05) is 24.9 Å². The molecule has 3 unspecified atom stereocenters. The van der Waals surface area contributed by atoms with Crippen molar-refractivity contribution in [1.29, 1.82) is 0 Å². The first-order valence-electron chi connectivity index (χ1n) is 11.3. The summed E-state index contributed by atoms with van der Waals surface area (Å²) in [6.07, 6.45) is 5.34. The van der Waals surface area contributed by atoms with Gasteiger partial charge in [-0.3, -0.25) is 4.90 Å². The quantitative estimate of drug-likeness (QED) is 0.634. The lowest BCUT2D eigenvalue weighted by atomic mass is 9.95. The molecule has 0 bridgehead atoms. The Morgan fingerprint density at radius 2 is 2.13 bits per heavy atom. The molecule has 162 valence electrons. The third-order valence-electron chi connectivity index (χ3n) is 6.99. The number of fused-ring (bicyclic) bond motifs is 2. The van der Waals surface area contributed by atoms with Gasteiger partial charge in [-0.2, -0.15) is 0 Å². The molecule has 6 rings (SSSR count). The maximum atomic E-state index is 6.19. The summed E-state index contributed by atoms with van der Waals surface area (Å²) in [4.78, 5) is 15.2. The Morgan fingerprint density at radius 3 is 3.00 bits per heavy atom. The second kappa shape index (κ2) is 7.80. The molecule has 0 radical (unpaired) electrons. The van der Waals surface area contributed by atoms with E-state index in [9.17, 15) is 0 Å². The lowest BCUT2D eigenvalue weighted by Gasteiger charge is -2.39. The zero-order valence-corrected chi connectivity index (χ0v) is 17.9. The molecule has 2 aliphatic heterocycles. The Kier molecular flexibility index (Phi) is 4.80. The van der Waals surface area contributed by atoms with Gasteiger partial charge in [-0.05, 0) is 49.8 Å². The molecule has 2 fully saturated rings. The number of methoxy groups -OCH3 is 1. The number of para-hydroxylation sites is 1.